The van der Waals surface area contributed by atoms with Gasteiger partial charge >= 0.3 is 0 Å². The van der Waals surface area contributed by atoms with Crippen LogP contribution in [0.1, 0.15) is 23.4 Å². The molecule has 0 spiro atoms. The Balaban J connectivity index is 0.00000169. The number of benzene rings is 2. The Hall–Kier alpha value is -1.77. The van der Waals surface area contributed by atoms with Crippen LogP contribution in [0.5, 0.6) is 0 Å². The Morgan fingerprint density at radius 3 is 2.46 bits per heavy atom. The van der Waals surface area contributed by atoms with Crippen LogP contribution in [-0.4, -0.2) is 4.57 Å². The van der Waals surface area contributed by atoms with Gasteiger partial charge in [-0.25, -0.2) is 9.13 Å². The Kier molecular flexibility index (Phi) is 4.98. The molecule has 3 aromatic rings. The van der Waals surface area contributed by atoms with Gasteiger partial charge < -0.3 is 12.4 Å². The molecule has 0 radical (unpaired) electrons. The zero-order valence-corrected chi connectivity index (χ0v) is 15.2. The minimum absolute atomic E-state index is 0. The lowest BCUT2D eigenvalue weighted by atomic mass is 10.1. The second-order valence-corrected chi connectivity index (χ2v) is 6.74. The standard InChI is InChI=1S/C20H20ClN2.ClH/c1-15-4-8-17(9-5-15)19-14-22-12-2-3-20(22)23(19)13-16-6-10-18(21)11-7-16;/h4-11,14H,2-3,12-13H2,1H3;1H/q+1;/p-1. The van der Waals surface area contributed by atoms with Crippen molar-refractivity contribution in [3.63, 3.8) is 0 Å². The van der Waals surface area contributed by atoms with Gasteiger partial charge in [0.15, 0.2) is 5.69 Å². The molecule has 1 aromatic heterocycles. The van der Waals surface area contributed by atoms with Gasteiger partial charge in [-0.05, 0) is 31.0 Å². The molecule has 0 saturated carbocycles. The van der Waals surface area contributed by atoms with Crippen LogP contribution in [-0.2, 0) is 19.5 Å². The SMILES string of the molecule is Cc1ccc(-c2c[n+]3c(n2Cc2ccc(Cl)cc2)CCC3)cc1.[Cl-]. The van der Waals surface area contributed by atoms with Crippen molar-refractivity contribution in [1.82, 2.24) is 4.57 Å². The van der Waals surface area contributed by atoms with Crippen LogP contribution in [0.3, 0.4) is 0 Å². The molecule has 4 rings (SSSR count). The number of fused-ring (bicyclic) bond motifs is 1. The van der Waals surface area contributed by atoms with Gasteiger partial charge in [0.1, 0.15) is 12.7 Å². The van der Waals surface area contributed by atoms with Gasteiger partial charge in [0, 0.05) is 10.6 Å². The van der Waals surface area contributed by atoms with E-state index in [-0.39, 0.29) is 12.4 Å². The van der Waals surface area contributed by atoms with Gasteiger partial charge in [0.05, 0.1) is 13.0 Å². The van der Waals surface area contributed by atoms with Crippen molar-refractivity contribution >= 4 is 11.6 Å². The van der Waals surface area contributed by atoms with Crippen LogP contribution >= 0.6 is 11.6 Å². The van der Waals surface area contributed by atoms with Crippen LogP contribution < -0.4 is 17.0 Å². The minimum atomic E-state index is 0. The van der Waals surface area contributed by atoms with E-state index in [4.69, 9.17) is 11.6 Å². The maximum Gasteiger partial charge on any atom is 0.257 e. The van der Waals surface area contributed by atoms with Crippen molar-refractivity contribution in [2.24, 2.45) is 0 Å². The van der Waals surface area contributed by atoms with Crippen molar-refractivity contribution in [2.75, 3.05) is 0 Å². The number of aromatic nitrogens is 2. The smallest absolute Gasteiger partial charge is 0.257 e. The van der Waals surface area contributed by atoms with Crippen LogP contribution in [0.2, 0.25) is 5.02 Å². The van der Waals surface area contributed by atoms with Gasteiger partial charge in [0.2, 0.25) is 0 Å². The molecular weight excluding hydrogens is 339 g/mol. The molecule has 0 amide bonds. The van der Waals surface area contributed by atoms with Crippen molar-refractivity contribution in [3.8, 4) is 11.3 Å². The summed E-state index contributed by atoms with van der Waals surface area (Å²) in [6, 6.07) is 17.0. The summed E-state index contributed by atoms with van der Waals surface area (Å²) in [5, 5.41) is 0.791. The predicted octanol–water partition coefficient (Wildman–Crippen LogP) is 1.40. The van der Waals surface area contributed by atoms with Gasteiger partial charge in [-0.2, -0.15) is 0 Å². The Bertz CT molecular complexity index is 833. The van der Waals surface area contributed by atoms with E-state index in [9.17, 15) is 0 Å². The second kappa shape index (κ2) is 7.00. The van der Waals surface area contributed by atoms with E-state index in [1.54, 1.807) is 0 Å². The lowest BCUT2D eigenvalue weighted by molar-refractivity contribution is -0.690. The third-order valence-electron chi connectivity index (χ3n) is 4.61. The van der Waals surface area contributed by atoms with Crippen LogP contribution in [0.4, 0.5) is 0 Å². The molecule has 124 valence electrons. The molecule has 24 heavy (non-hydrogen) atoms. The highest BCUT2D eigenvalue weighted by Gasteiger charge is 2.28. The Morgan fingerprint density at radius 2 is 1.75 bits per heavy atom. The largest absolute Gasteiger partial charge is 1.00 e. The van der Waals surface area contributed by atoms with Gasteiger partial charge in [-0.15, -0.1) is 0 Å². The van der Waals surface area contributed by atoms with E-state index in [1.165, 1.54) is 34.6 Å². The maximum atomic E-state index is 6.02. The average molecular weight is 359 g/mol. The molecule has 0 fully saturated rings. The van der Waals surface area contributed by atoms with E-state index in [0.717, 1.165) is 24.5 Å². The number of nitrogens with zero attached hydrogens (tertiary/aromatic N) is 2. The number of halogens is 2. The van der Waals surface area contributed by atoms with Gasteiger partial charge in [0.25, 0.3) is 5.82 Å². The summed E-state index contributed by atoms with van der Waals surface area (Å²) in [6.07, 6.45) is 4.70. The normalized spacial score (nSPS) is 12.8. The summed E-state index contributed by atoms with van der Waals surface area (Å²) in [7, 11) is 0. The summed E-state index contributed by atoms with van der Waals surface area (Å²) >= 11 is 6.02. The zero-order chi connectivity index (χ0) is 15.8. The quantitative estimate of drug-likeness (QED) is 0.626. The van der Waals surface area contributed by atoms with E-state index >= 15 is 0 Å². The minimum Gasteiger partial charge on any atom is -1.00 e. The third kappa shape index (κ3) is 3.22. The fourth-order valence-corrected chi connectivity index (χ4v) is 3.50. The summed E-state index contributed by atoms with van der Waals surface area (Å²) < 4.78 is 4.87. The maximum absolute atomic E-state index is 6.02. The number of rotatable bonds is 3. The van der Waals surface area contributed by atoms with E-state index in [1.807, 2.05) is 12.1 Å². The highest BCUT2D eigenvalue weighted by Crippen LogP contribution is 2.24. The van der Waals surface area contributed by atoms with E-state index < -0.39 is 0 Å². The molecule has 0 saturated heterocycles. The molecular formula is C20H20Cl2N2. The molecule has 2 heterocycles. The van der Waals surface area contributed by atoms with Crippen molar-refractivity contribution in [3.05, 3.63) is 76.7 Å². The van der Waals surface area contributed by atoms with Crippen LogP contribution in [0.25, 0.3) is 11.3 Å². The molecule has 1 aliphatic rings. The van der Waals surface area contributed by atoms with Crippen molar-refractivity contribution in [2.45, 2.75) is 32.9 Å². The number of hydrogen-bond donors (Lipinski definition) is 0. The third-order valence-corrected chi connectivity index (χ3v) is 4.86. The number of hydrogen-bond acceptors (Lipinski definition) is 0. The number of aryl methyl sites for hydroxylation is 2. The van der Waals surface area contributed by atoms with Crippen molar-refractivity contribution in [1.29, 1.82) is 0 Å². The Morgan fingerprint density at radius 1 is 1.04 bits per heavy atom. The van der Waals surface area contributed by atoms with E-state index in [2.05, 4.69) is 58.7 Å². The topological polar surface area (TPSA) is 8.81 Å². The summed E-state index contributed by atoms with van der Waals surface area (Å²) in [5.74, 6) is 1.43. The molecule has 0 unspecified atom stereocenters. The second-order valence-electron chi connectivity index (χ2n) is 6.31. The first-order valence-corrected chi connectivity index (χ1v) is 8.52. The zero-order valence-electron chi connectivity index (χ0n) is 13.7. The Labute approximate surface area is 154 Å². The molecule has 0 bridgehead atoms. The molecule has 0 N–H and O–H groups in total. The molecule has 2 nitrogen and oxygen atoms in total. The summed E-state index contributed by atoms with van der Waals surface area (Å²) in [6.45, 7) is 4.15. The highest BCUT2D eigenvalue weighted by atomic mass is 35.5. The van der Waals surface area contributed by atoms with Gasteiger partial charge in [-0.3, -0.25) is 0 Å². The molecule has 2 aromatic carbocycles. The first-order chi connectivity index (χ1) is 11.2. The van der Waals surface area contributed by atoms with Crippen LogP contribution in [0.15, 0.2) is 54.7 Å². The first-order valence-electron chi connectivity index (χ1n) is 8.14. The highest BCUT2D eigenvalue weighted by molar-refractivity contribution is 6.30. The lowest BCUT2D eigenvalue weighted by Gasteiger charge is -2.06. The molecule has 0 atom stereocenters. The van der Waals surface area contributed by atoms with Crippen LogP contribution in [0, 0.1) is 6.92 Å². The van der Waals surface area contributed by atoms with Crippen molar-refractivity contribution < 1.29 is 17.0 Å². The summed E-state index contributed by atoms with van der Waals surface area (Å²) in [4.78, 5) is 0. The first kappa shape index (κ1) is 17.1. The lowest BCUT2D eigenvalue weighted by Crippen LogP contribution is -3.00. The van der Waals surface area contributed by atoms with E-state index in [0.29, 0.717) is 0 Å². The molecule has 4 heteroatoms. The predicted molar refractivity (Wildman–Crippen MR) is 93.7 cm³/mol. The van der Waals surface area contributed by atoms with Gasteiger partial charge in [-0.1, -0.05) is 53.6 Å². The monoisotopic (exact) mass is 358 g/mol. The summed E-state index contributed by atoms with van der Waals surface area (Å²) in [5.41, 5.74) is 5.17. The average Bonchev–Trinajstić information content (AvgIpc) is 3.13. The number of imidazole rings is 1. The fraction of sp³-hybridized carbons (Fsp3) is 0.250. The molecule has 0 aliphatic carbocycles. The fourth-order valence-electron chi connectivity index (χ4n) is 3.37. The molecule has 1 aliphatic heterocycles.